The molecule has 1 aromatic rings. The summed E-state index contributed by atoms with van der Waals surface area (Å²) in [4.78, 5) is 10.9. The molecule has 0 aromatic heterocycles. The van der Waals surface area contributed by atoms with Crippen molar-refractivity contribution in [2.75, 3.05) is 11.9 Å². The number of ether oxygens (including phenoxy) is 1. The number of benzene rings is 1. The largest absolute Gasteiger partial charge is 0.478 e. The maximum Gasteiger partial charge on any atom is 0.335 e. The van der Waals surface area contributed by atoms with Gasteiger partial charge >= 0.3 is 5.97 Å². The highest BCUT2D eigenvalue weighted by atomic mass is 16.6. The first kappa shape index (κ1) is 15.7. The van der Waals surface area contributed by atoms with Crippen LogP contribution in [0.25, 0.3) is 0 Å². The molecule has 5 atom stereocenters. The van der Waals surface area contributed by atoms with Gasteiger partial charge < -0.3 is 35.6 Å². The molecule has 0 aliphatic carbocycles. The van der Waals surface area contributed by atoms with Crippen LogP contribution in [0.1, 0.15) is 10.4 Å². The van der Waals surface area contributed by atoms with Crippen LogP contribution in [-0.4, -0.2) is 68.8 Å². The molecule has 1 aliphatic heterocycles. The summed E-state index contributed by atoms with van der Waals surface area (Å²) in [6.45, 7) is -0.529. The molecule has 1 heterocycles. The van der Waals surface area contributed by atoms with Crippen LogP contribution in [0.3, 0.4) is 0 Å². The van der Waals surface area contributed by atoms with Crippen LogP contribution < -0.4 is 5.32 Å². The number of nitrogens with one attached hydrogen (secondary N) is 1. The van der Waals surface area contributed by atoms with Gasteiger partial charge in [0, 0.05) is 5.69 Å². The van der Waals surface area contributed by atoms with E-state index in [1.54, 1.807) is 6.07 Å². The summed E-state index contributed by atoms with van der Waals surface area (Å²) in [6.07, 6.45) is -6.48. The third-order valence-electron chi connectivity index (χ3n) is 3.31. The van der Waals surface area contributed by atoms with Gasteiger partial charge in [0.1, 0.15) is 24.4 Å². The Morgan fingerprint density at radius 2 is 1.90 bits per heavy atom. The van der Waals surface area contributed by atoms with Crippen molar-refractivity contribution in [3.63, 3.8) is 0 Å². The molecule has 0 bridgehead atoms. The van der Waals surface area contributed by atoms with E-state index in [2.05, 4.69) is 5.32 Å². The van der Waals surface area contributed by atoms with Gasteiger partial charge in [0.15, 0.2) is 6.23 Å². The highest BCUT2D eigenvalue weighted by Crippen LogP contribution is 2.23. The number of hydrogen-bond acceptors (Lipinski definition) is 7. The fraction of sp³-hybridized carbons (Fsp3) is 0.462. The molecule has 1 aliphatic rings. The molecule has 2 rings (SSSR count). The fourth-order valence-corrected chi connectivity index (χ4v) is 2.13. The molecule has 0 spiro atoms. The van der Waals surface area contributed by atoms with E-state index < -0.39 is 43.2 Å². The van der Waals surface area contributed by atoms with Crippen molar-refractivity contribution in [1.29, 1.82) is 0 Å². The molecule has 0 saturated carbocycles. The van der Waals surface area contributed by atoms with Crippen LogP contribution in [0.15, 0.2) is 24.3 Å². The normalized spacial score (nSPS) is 32.7. The Hall–Kier alpha value is -1.71. The first-order valence-electron chi connectivity index (χ1n) is 6.34. The zero-order valence-electron chi connectivity index (χ0n) is 11.0. The first-order valence-corrected chi connectivity index (χ1v) is 6.34. The van der Waals surface area contributed by atoms with Crippen molar-refractivity contribution in [1.82, 2.24) is 0 Å². The molecule has 5 unspecified atom stereocenters. The monoisotopic (exact) mass is 299 g/mol. The van der Waals surface area contributed by atoms with Crippen molar-refractivity contribution in [3.05, 3.63) is 29.8 Å². The van der Waals surface area contributed by atoms with Gasteiger partial charge in [-0.3, -0.25) is 0 Å². The predicted molar refractivity (Wildman–Crippen MR) is 70.8 cm³/mol. The van der Waals surface area contributed by atoms with Crippen molar-refractivity contribution in [2.24, 2.45) is 0 Å². The van der Waals surface area contributed by atoms with Crippen molar-refractivity contribution < 1.29 is 35.1 Å². The van der Waals surface area contributed by atoms with Gasteiger partial charge in [-0.1, -0.05) is 6.07 Å². The number of hydrogen-bond donors (Lipinski definition) is 6. The van der Waals surface area contributed by atoms with Crippen LogP contribution >= 0.6 is 0 Å². The van der Waals surface area contributed by atoms with Crippen LogP contribution in [0.2, 0.25) is 0 Å². The predicted octanol–water partition coefficient (Wildman–Crippen LogP) is -1.40. The number of aromatic carboxylic acids is 1. The summed E-state index contributed by atoms with van der Waals surface area (Å²) in [6, 6.07) is 5.81. The summed E-state index contributed by atoms with van der Waals surface area (Å²) in [7, 11) is 0. The van der Waals surface area contributed by atoms with Crippen molar-refractivity contribution >= 4 is 11.7 Å². The van der Waals surface area contributed by atoms with Gasteiger partial charge in [-0.25, -0.2) is 4.79 Å². The summed E-state index contributed by atoms with van der Waals surface area (Å²) >= 11 is 0. The lowest BCUT2D eigenvalue weighted by Crippen LogP contribution is -2.60. The third kappa shape index (κ3) is 3.31. The molecule has 8 heteroatoms. The van der Waals surface area contributed by atoms with Gasteiger partial charge in [-0.05, 0) is 18.2 Å². The summed E-state index contributed by atoms with van der Waals surface area (Å²) < 4.78 is 5.27. The molecule has 1 fully saturated rings. The maximum absolute atomic E-state index is 10.9. The highest BCUT2D eigenvalue weighted by molar-refractivity contribution is 5.88. The fourth-order valence-electron chi connectivity index (χ4n) is 2.13. The maximum atomic E-state index is 10.9. The molecule has 0 radical (unpaired) electrons. The Morgan fingerprint density at radius 1 is 1.19 bits per heavy atom. The molecule has 116 valence electrons. The number of carboxylic acid groups (broad SMARTS) is 1. The van der Waals surface area contributed by atoms with Crippen molar-refractivity contribution in [2.45, 2.75) is 30.6 Å². The summed E-state index contributed by atoms with van der Waals surface area (Å²) in [5, 5.41) is 49.9. The standard InChI is InChI=1S/C13H17NO7/c15-5-8-9(16)10(17)11(18)12(21-8)14-7-3-1-2-6(4-7)13(19)20/h1-4,8-12,14-18H,5H2,(H,19,20). The molecule has 1 aromatic carbocycles. The topological polar surface area (TPSA) is 139 Å². The van der Waals surface area contributed by atoms with Crippen LogP contribution in [0.5, 0.6) is 0 Å². The van der Waals surface area contributed by atoms with E-state index in [0.29, 0.717) is 5.69 Å². The zero-order valence-corrected chi connectivity index (χ0v) is 11.0. The average Bonchev–Trinajstić information content (AvgIpc) is 2.48. The second-order valence-electron chi connectivity index (χ2n) is 4.78. The van der Waals surface area contributed by atoms with Crippen LogP contribution in [-0.2, 0) is 4.74 Å². The minimum Gasteiger partial charge on any atom is -0.478 e. The highest BCUT2D eigenvalue weighted by Gasteiger charge is 2.43. The number of carboxylic acids is 1. The average molecular weight is 299 g/mol. The molecular weight excluding hydrogens is 282 g/mol. The molecule has 1 saturated heterocycles. The Balaban J connectivity index is 2.14. The van der Waals surface area contributed by atoms with E-state index in [0.717, 1.165) is 0 Å². The lowest BCUT2D eigenvalue weighted by Gasteiger charge is -2.40. The van der Waals surface area contributed by atoms with E-state index in [4.69, 9.17) is 14.9 Å². The molecule has 21 heavy (non-hydrogen) atoms. The number of rotatable bonds is 4. The van der Waals surface area contributed by atoms with Gasteiger partial charge in [0.2, 0.25) is 0 Å². The van der Waals surface area contributed by atoms with E-state index in [-0.39, 0.29) is 5.56 Å². The lowest BCUT2D eigenvalue weighted by molar-refractivity contribution is -0.221. The van der Waals surface area contributed by atoms with Gasteiger partial charge in [0.25, 0.3) is 0 Å². The first-order chi connectivity index (χ1) is 9.93. The Morgan fingerprint density at radius 3 is 2.52 bits per heavy atom. The minimum absolute atomic E-state index is 0.0459. The van der Waals surface area contributed by atoms with Crippen molar-refractivity contribution in [3.8, 4) is 0 Å². The van der Waals surface area contributed by atoms with E-state index in [1.165, 1.54) is 18.2 Å². The number of aliphatic hydroxyl groups excluding tert-OH is 4. The van der Waals surface area contributed by atoms with Gasteiger partial charge in [-0.2, -0.15) is 0 Å². The molecule has 0 amide bonds. The van der Waals surface area contributed by atoms with Gasteiger partial charge in [0.05, 0.1) is 12.2 Å². The molecule has 8 nitrogen and oxygen atoms in total. The Bertz CT molecular complexity index is 507. The summed E-state index contributed by atoms with van der Waals surface area (Å²) in [5.41, 5.74) is 0.406. The Kier molecular flexibility index (Phi) is 4.76. The second-order valence-corrected chi connectivity index (χ2v) is 4.78. The van der Waals surface area contributed by atoms with E-state index in [9.17, 15) is 20.1 Å². The van der Waals surface area contributed by atoms with Crippen LogP contribution in [0, 0.1) is 0 Å². The molecule has 6 N–H and O–H groups in total. The minimum atomic E-state index is -1.49. The second kappa shape index (κ2) is 6.37. The molecular formula is C13H17NO7. The van der Waals surface area contributed by atoms with Gasteiger partial charge in [-0.15, -0.1) is 0 Å². The zero-order chi connectivity index (χ0) is 15.6. The van der Waals surface area contributed by atoms with E-state index in [1.807, 2.05) is 0 Å². The quantitative estimate of drug-likeness (QED) is 0.399. The smallest absolute Gasteiger partial charge is 0.335 e. The van der Waals surface area contributed by atoms with Crippen LogP contribution in [0.4, 0.5) is 5.69 Å². The number of carbonyl (C=O) groups is 1. The summed E-state index contributed by atoms with van der Waals surface area (Å²) in [5.74, 6) is -1.10. The van der Waals surface area contributed by atoms with E-state index >= 15 is 0 Å². The number of aliphatic hydroxyl groups is 4. The third-order valence-corrected chi connectivity index (χ3v) is 3.31. The number of anilines is 1. The SMILES string of the molecule is O=C(O)c1cccc(NC2OC(CO)C(O)C(O)C2O)c1. The lowest BCUT2D eigenvalue weighted by atomic mass is 9.98. The Labute approximate surface area is 120 Å².